The Kier molecular flexibility index (Phi) is 4.07. The fourth-order valence-corrected chi connectivity index (χ4v) is 2.12. The van der Waals surface area contributed by atoms with Crippen molar-refractivity contribution in [3.63, 3.8) is 0 Å². The molecule has 0 unspecified atom stereocenters. The van der Waals surface area contributed by atoms with Crippen LogP contribution in [-0.2, 0) is 5.11 Å². The van der Waals surface area contributed by atoms with Gasteiger partial charge in [-0.1, -0.05) is 45.4 Å². The molecule has 1 aliphatic carbocycles. The smallest absolute Gasteiger partial charge is 0.104 e. The first-order valence-electron chi connectivity index (χ1n) is 5.47. The summed E-state index contributed by atoms with van der Waals surface area (Å²) in [6.07, 6.45) is 10.0. The Bertz CT molecular complexity index is 112. The van der Waals surface area contributed by atoms with Crippen molar-refractivity contribution < 1.29 is 5.11 Å². The van der Waals surface area contributed by atoms with Crippen LogP contribution in [0.4, 0.5) is 0 Å². The second-order valence-electron chi connectivity index (χ2n) is 4.20. The molecular weight excluding hydrogens is 148 g/mol. The minimum absolute atomic E-state index is 0.535. The topological polar surface area (TPSA) is 19.9 Å². The molecule has 1 heteroatoms. The summed E-state index contributed by atoms with van der Waals surface area (Å²) in [6, 6.07) is 0. The molecule has 0 spiro atoms. The third kappa shape index (κ3) is 3.14. The third-order valence-electron chi connectivity index (χ3n) is 3.00. The van der Waals surface area contributed by atoms with Gasteiger partial charge in [0, 0.05) is 0 Å². The molecule has 1 fully saturated rings. The molecule has 0 N–H and O–H groups in total. The van der Waals surface area contributed by atoms with Crippen LogP contribution in [0.2, 0.25) is 0 Å². The highest BCUT2D eigenvalue weighted by molar-refractivity contribution is 4.80. The summed E-state index contributed by atoms with van der Waals surface area (Å²) >= 11 is 0. The Labute approximate surface area is 76.2 Å². The van der Waals surface area contributed by atoms with Crippen molar-refractivity contribution in [1.29, 1.82) is 0 Å². The lowest BCUT2D eigenvalue weighted by Crippen LogP contribution is -2.25. The van der Waals surface area contributed by atoms with Gasteiger partial charge in [-0.15, -0.1) is 0 Å². The lowest BCUT2D eigenvalue weighted by atomic mass is 9.89. The Morgan fingerprint density at radius 1 is 1.08 bits per heavy atom. The molecule has 1 rings (SSSR count). The molecule has 1 radical (unpaired) electrons. The molecule has 12 heavy (non-hydrogen) atoms. The molecule has 1 saturated carbocycles. The number of hydrogen-bond acceptors (Lipinski definition) is 0. The van der Waals surface area contributed by atoms with Crippen LogP contribution in [-0.4, -0.2) is 5.60 Å². The van der Waals surface area contributed by atoms with Gasteiger partial charge < -0.3 is 0 Å². The van der Waals surface area contributed by atoms with E-state index in [1.54, 1.807) is 0 Å². The van der Waals surface area contributed by atoms with Crippen molar-refractivity contribution in [2.24, 2.45) is 0 Å². The van der Waals surface area contributed by atoms with Gasteiger partial charge in [0.25, 0.3) is 0 Å². The lowest BCUT2D eigenvalue weighted by molar-refractivity contribution is -0.0503. The molecule has 1 aliphatic rings. The summed E-state index contributed by atoms with van der Waals surface area (Å²) in [5, 5.41) is 12.1. The predicted octanol–water partition coefficient (Wildman–Crippen LogP) is 3.70. The molecule has 1 nitrogen and oxygen atoms in total. The first-order valence-corrected chi connectivity index (χ1v) is 5.47. The van der Waals surface area contributed by atoms with E-state index in [1.807, 2.05) is 0 Å². The molecule has 71 valence electrons. The van der Waals surface area contributed by atoms with Crippen molar-refractivity contribution >= 4 is 0 Å². The fraction of sp³-hybridized carbons (Fsp3) is 1.00. The van der Waals surface area contributed by atoms with Crippen LogP contribution in [0.15, 0.2) is 0 Å². The minimum Gasteiger partial charge on any atom is -0.229 e. The zero-order chi connectivity index (χ0) is 8.86. The van der Waals surface area contributed by atoms with Gasteiger partial charge in [0.15, 0.2) is 0 Å². The number of unbranched alkanes of at least 4 members (excludes halogenated alkanes) is 1. The largest absolute Gasteiger partial charge is 0.229 e. The Balaban J connectivity index is 2.32. The van der Waals surface area contributed by atoms with E-state index in [0.29, 0.717) is 0 Å². The maximum absolute atomic E-state index is 12.1. The van der Waals surface area contributed by atoms with E-state index in [9.17, 15) is 5.11 Å². The normalized spacial score (nSPS) is 23.5. The molecule has 0 aromatic heterocycles. The van der Waals surface area contributed by atoms with Crippen LogP contribution in [0.25, 0.3) is 0 Å². The Morgan fingerprint density at radius 3 is 2.17 bits per heavy atom. The molecule has 0 aromatic rings. The summed E-state index contributed by atoms with van der Waals surface area (Å²) in [6.45, 7) is 2.17. The Morgan fingerprint density at radius 2 is 1.67 bits per heavy atom. The summed E-state index contributed by atoms with van der Waals surface area (Å²) in [5.74, 6) is 0. The van der Waals surface area contributed by atoms with Crippen LogP contribution in [0.3, 0.4) is 0 Å². The van der Waals surface area contributed by atoms with E-state index >= 15 is 0 Å². The average Bonchev–Trinajstić information content (AvgIpc) is 2.27. The monoisotopic (exact) mass is 169 g/mol. The Hall–Kier alpha value is -0.0400. The van der Waals surface area contributed by atoms with E-state index in [-0.39, 0.29) is 0 Å². The molecule has 0 saturated heterocycles. The summed E-state index contributed by atoms with van der Waals surface area (Å²) < 4.78 is 0. The third-order valence-corrected chi connectivity index (χ3v) is 3.00. The first kappa shape index (κ1) is 10.0. The zero-order valence-corrected chi connectivity index (χ0v) is 8.27. The second-order valence-corrected chi connectivity index (χ2v) is 4.20. The maximum atomic E-state index is 12.1. The van der Waals surface area contributed by atoms with Crippen LogP contribution < -0.4 is 0 Å². The van der Waals surface area contributed by atoms with E-state index < -0.39 is 5.60 Å². The van der Waals surface area contributed by atoms with Crippen LogP contribution in [0.1, 0.15) is 64.7 Å². The lowest BCUT2D eigenvalue weighted by Gasteiger charge is -2.23. The molecule has 0 bridgehead atoms. The predicted molar refractivity (Wildman–Crippen MR) is 50.6 cm³/mol. The molecule has 0 heterocycles. The van der Waals surface area contributed by atoms with E-state index in [4.69, 9.17) is 0 Å². The summed E-state index contributed by atoms with van der Waals surface area (Å²) in [4.78, 5) is 0. The van der Waals surface area contributed by atoms with E-state index in [1.165, 1.54) is 32.1 Å². The highest BCUT2D eigenvalue weighted by Gasteiger charge is 2.28. The van der Waals surface area contributed by atoms with E-state index in [2.05, 4.69) is 6.92 Å². The second kappa shape index (κ2) is 4.86. The van der Waals surface area contributed by atoms with Crippen molar-refractivity contribution in [2.75, 3.05) is 0 Å². The SMILES string of the molecule is CCCCC1([O])CCCCCC1. The molecule has 0 aromatic carbocycles. The van der Waals surface area contributed by atoms with E-state index in [0.717, 1.165) is 25.7 Å². The molecular formula is C11H21O. The minimum atomic E-state index is -0.535. The number of rotatable bonds is 3. The zero-order valence-electron chi connectivity index (χ0n) is 8.27. The van der Waals surface area contributed by atoms with Gasteiger partial charge in [0.1, 0.15) is 5.60 Å². The summed E-state index contributed by atoms with van der Waals surface area (Å²) in [7, 11) is 0. The van der Waals surface area contributed by atoms with Crippen molar-refractivity contribution in [1.82, 2.24) is 0 Å². The van der Waals surface area contributed by atoms with Gasteiger partial charge in [-0.05, 0) is 19.3 Å². The quantitative estimate of drug-likeness (QED) is 0.574. The first-order chi connectivity index (χ1) is 5.77. The van der Waals surface area contributed by atoms with Crippen LogP contribution in [0.5, 0.6) is 0 Å². The van der Waals surface area contributed by atoms with Gasteiger partial charge in [-0.3, -0.25) is 0 Å². The molecule has 0 aliphatic heterocycles. The van der Waals surface area contributed by atoms with Gasteiger partial charge in [0.2, 0.25) is 0 Å². The molecule has 0 atom stereocenters. The van der Waals surface area contributed by atoms with Crippen molar-refractivity contribution in [2.45, 2.75) is 70.3 Å². The average molecular weight is 169 g/mol. The van der Waals surface area contributed by atoms with Crippen molar-refractivity contribution in [3.8, 4) is 0 Å². The number of hydrogen-bond donors (Lipinski definition) is 0. The standard InChI is InChI=1S/C11H21O/c1-2-3-8-11(12)9-6-4-5-7-10-11/h2-10H2,1H3. The summed E-state index contributed by atoms with van der Waals surface area (Å²) in [5.41, 5.74) is -0.535. The fourth-order valence-electron chi connectivity index (χ4n) is 2.12. The van der Waals surface area contributed by atoms with Gasteiger partial charge >= 0.3 is 0 Å². The maximum Gasteiger partial charge on any atom is 0.104 e. The molecule has 0 amide bonds. The van der Waals surface area contributed by atoms with Gasteiger partial charge in [-0.2, -0.15) is 0 Å². The van der Waals surface area contributed by atoms with Crippen molar-refractivity contribution in [3.05, 3.63) is 0 Å². The highest BCUT2D eigenvalue weighted by Crippen LogP contribution is 2.31. The van der Waals surface area contributed by atoms with Gasteiger partial charge in [-0.25, -0.2) is 5.11 Å². The highest BCUT2D eigenvalue weighted by atomic mass is 16.3. The van der Waals surface area contributed by atoms with Crippen LogP contribution in [0, 0.1) is 0 Å². The van der Waals surface area contributed by atoms with Crippen LogP contribution >= 0.6 is 0 Å². The van der Waals surface area contributed by atoms with Gasteiger partial charge in [0.05, 0.1) is 0 Å².